The van der Waals surface area contributed by atoms with Gasteiger partial charge in [-0.1, -0.05) is 6.07 Å². The second-order valence-electron chi connectivity index (χ2n) is 4.71. The first kappa shape index (κ1) is 12.9. The van der Waals surface area contributed by atoms with E-state index in [1.54, 1.807) is 0 Å². The molecule has 0 aliphatic rings. The lowest BCUT2D eigenvalue weighted by Gasteiger charge is -2.07. The Bertz CT molecular complexity index is 799. The average Bonchev–Trinajstić information content (AvgIpc) is 2.75. The number of H-pyrrole nitrogens is 1. The van der Waals surface area contributed by atoms with Gasteiger partial charge in [0.15, 0.2) is 4.77 Å². The fourth-order valence-electron chi connectivity index (χ4n) is 2.34. The minimum atomic E-state index is 0.672. The minimum absolute atomic E-state index is 0.672. The molecule has 0 saturated heterocycles. The lowest BCUT2D eigenvalue weighted by molar-refractivity contribution is 0.340. The molecule has 0 radical (unpaired) electrons. The van der Waals surface area contributed by atoms with Gasteiger partial charge in [-0.05, 0) is 68.0 Å². The Morgan fingerprint density at radius 3 is 2.60 bits per heavy atom. The molecule has 1 aromatic heterocycles. The lowest BCUT2D eigenvalue weighted by atomic mass is 10.2. The molecule has 0 bridgehead atoms. The number of rotatable bonds is 3. The molecular weight excluding hydrogens is 268 g/mol. The van der Waals surface area contributed by atoms with Crippen LogP contribution in [0.4, 0.5) is 0 Å². The molecule has 2 aromatic carbocycles. The van der Waals surface area contributed by atoms with Gasteiger partial charge in [-0.2, -0.15) is 0 Å². The van der Waals surface area contributed by atoms with Crippen LogP contribution in [-0.2, 0) is 0 Å². The van der Waals surface area contributed by atoms with Crippen molar-refractivity contribution in [2.24, 2.45) is 0 Å². The summed E-state index contributed by atoms with van der Waals surface area (Å²) in [4.78, 5) is 3.25. The second-order valence-corrected chi connectivity index (χ2v) is 5.10. The van der Waals surface area contributed by atoms with Crippen molar-refractivity contribution in [2.45, 2.75) is 13.8 Å². The molecule has 0 spiro atoms. The first-order valence-corrected chi connectivity index (χ1v) is 7.04. The zero-order valence-electron chi connectivity index (χ0n) is 11.5. The number of fused-ring (bicyclic) bond motifs is 1. The number of nitrogens with one attached hydrogen (secondary N) is 1. The first-order valence-electron chi connectivity index (χ1n) is 6.63. The highest BCUT2D eigenvalue weighted by Gasteiger charge is 2.06. The Labute approximate surface area is 122 Å². The number of aromatic amines is 1. The fraction of sp³-hybridized carbons (Fsp3) is 0.188. The summed E-state index contributed by atoms with van der Waals surface area (Å²) in [7, 11) is 0. The number of hydrogen-bond donors (Lipinski definition) is 1. The van der Waals surface area contributed by atoms with Crippen molar-refractivity contribution in [3.63, 3.8) is 0 Å². The molecule has 0 fully saturated rings. The summed E-state index contributed by atoms with van der Waals surface area (Å²) in [5.74, 6) is 0.874. The number of aryl methyl sites for hydroxylation is 1. The zero-order chi connectivity index (χ0) is 14.1. The van der Waals surface area contributed by atoms with Crippen LogP contribution in [0.15, 0.2) is 42.5 Å². The maximum Gasteiger partial charge on any atom is 0.182 e. The zero-order valence-corrected chi connectivity index (χ0v) is 12.3. The maximum atomic E-state index is 5.47. The molecule has 4 heteroatoms. The smallest absolute Gasteiger partial charge is 0.182 e. The number of hydrogen-bond acceptors (Lipinski definition) is 2. The predicted octanol–water partition coefficient (Wildman–Crippen LogP) is 4.40. The molecule has 3 rings (SSSR count). The molecule has 0 atom stereocenters. The van der Waals surface area contributed by atoms with E-state index in [-0.39, 0.29) is 0 Å². The van der Waals surface area contributed by atoms with Crippen molar-refractivity contribution in [3.05, 3.63) is 52.8 Å². The molecule has 1 heterocycles. The Kier molecular flexibility index (Phi) is 3.32. The third-order valence-corrected chi connectivity index (χ3v) is 3.53. The lowest BCUT2D eigenvalue weighted by Crippen LogP contribution is -1.95. The summed E-state index contributed by atoms with van der Waals surface area (Å²) in [6, 6.07) is 14.3. The van der Waals surface area contributed by atoms with Crippen LogP contribution in [0.25, 0.3) is 16.7 Å². The van der Waals surface area contributed by atoms with Crippen molar-refractivity contribution in [3.8, 4) is 11.4 Å². The quantitative estimate of drug-likeness (QED) is 0.723. The largest absolute Gasteiger partial charge is 0.494 e. The molecule has 20 heavy (non-hydrogen) atoms. The first-order chi connectivity index (χ1) is 9.69. The van der Waals surface area contributed by atoms with E-state index in [1.165, 1.54) is 5.56 Å². The standard InChI is InChI=1S/C16H16N2OS/c1-3-19-13-7-5-12(6-8-13)18-15-9-4-11(2)10-14(15)17-16(18)20/h4-10H,3H2,1-2H3,(H,17,20). The average molecular weight is 284 g/mol. The Balaban J connectivity index is 2.14. The molecule has 3 nitrogen and oxygen atoms in total. The summed E-state index contributed by atoms with van der Waals surface area (Å²) >= 11 is 5.44. The van der Waals surface area contributed by atoms with Crippen LogP contribution in [0.3, 0.4) is 0 Å². The van der Waals surface area contributed by atoms with E-state index >= 15 is 0 Å². The topological polar surface area (TPSA) is 29.9 Å². The molecule has 0 aliphatic heterocycles. The SMILES string of the molecule is CCOc1ccc(-n2c(=S)[nH]c3cc(C)ccc32)cc1. The molecule has 0 amide bonds. The van der Waals surface area contributed by atoms with Crippen LogP contribution in [-0.4, -0.2) is 16.2 Å². The molecule has 0 unspecified atom stereocenters. The van der Waals surface area contributed by atoms with E-state index in [1.807, 2.05) is 35.8 Å². The third-order valence-electron chi connectivity index (χ3n) is 3.24. The van der Waals surface area contributed by atoms with Crippen LogP contribution in [0.1, 0.15) is 12.5 Å². The summed E-state index contributed by atoms with van der Waals surface area (Å²) < 4.78 is 8.21. The van der Waals surface area contributed by atoms with Gasteiger partial charge in [-0.15, -0.1) is 0 Å². The fourth-order valence-corrected chi connectivity index (χ4v) is 2.65. The van der Waals surface area contributed by atoms with Gasteiger partial charge in [0, 0.05) is 5.69 Å². The molecule has 0 aliphatic carbocycles. The number of ether oxygens (including phenoxy) is 1. The van der Waals surface area contributed by atoms with Crippen LogP contribution in [0.2, 0.25) is 0 Å². The number of nitrogens with zero attached hydrogens (tertiary/aromatic N) is 1. The summed E-state index contributed by atoms with van der Waals surface area (Å²) in [6.45, 7) is 4.72. The second kappa shape index (κ2) is 5.13. The van der Waals surface area contributed by atoms with Crippen molar-refractivity contribution < 1.29 is 4.74 Å². The molecule has 102 valence electrons. The number of aromatic nitrogens is 2. The Morgan fingerprint density at radius 2 is 1.90 bits per heavy atom. The van der Waals surface area contributed by atoms with E-state index in [9.17, 15) is 0 Å². The molecule has 3 aromatic rings. The van der Waals surface area contributed by atoms with E-state index in [2.05, 4.69) is 30.1 Å². The Morgan fingerprint density at radius 1 is 1.15 bits per heavy atom. The van der Waals surface area contributed by atoms with Crippen molar-refractivity contribution in [1.82, 2.24) is 9.55 Å². The molecule has 0 saturated carbocycles. The van der Waals surface area contributed by atoms with Crippen LogP contribution >= 0.6 is 12.2 Å². The van der Waals surface area contributed by atoms with E-state index < -0.39 is 0 Å². The van der Waals surface area contributed by atoms with Crippen LogP contribution < -0.4 is 4.74 Å². The molecular formula is C16H16N2OS. The predicted molar refractivity (Wildman–Crippen MR) is 84.4 cm³/mol. The van der Waals surface area contributed by atoms with Gasteiger partial charge in [0.2, 0.25) is 0 Å². The monoisotopic (exact) mass is 284 g/mol. The van der Waals surface area contributed by atoms with Crippen molar-refractivity contribution >= 4 is 23.3 Å². The van der Waals surface area contributed by atoms with Crippen molar-refractivity contribution in [1.29, 1.82) is 0 Å². The highest BCUT2D eigenvalue weighted by molar-refractivity contribution is 7.71. The van der Waals surface area contributed by atoms with E-state index in [0.717, 1.165) is 22.5 Å². The van der Waals surface area contributed by atoms with Gasteiger partial charge in [0.25, 0.3) is 0 Å². The van der Waals surface area contributed by atoms with Gasteiger partial charge >= 0.3 is 0 Å². The highest BCUT2D eigenvalue weighted by Crippen LogP contribution is 2.22. The summed E-state index contributed by atoms with van der Waals surface area (Å²) in [5, 5.41) is 0. The summed E-state index contributed by atoms with van der Waals surface area (Å²) in [6.07, 6.45) is 0. The van der Waals surface area contributed by atoms with Gasteiger partial charge in [0.1, 0.15) is 5.75 Å². The van der Waals surface area contributed by atoms with Crippen LogP contribution in [0, 0.1) is 11.7 Å². The molecule has 1 N–H and O–H groups in total. The Hall–Kier alpha value is -2.07. The van der Waals surface area contributed by atoms with Crippen molar-refractivity contribution in [2.75, 3.05) is 6.61 Å². The highest BCUT2D eigenvalue weighted by atomic mass is 32.1. The van der Waals surface area contributed by atoms with E-state index in [0.29, 0.717) is 11.4 Å². The summed E-state index contributed by atoms with van der Waals surface area (Å²) in [5.41, 5.74) is 4.40. The number of benzene rings is 2. The van der Waals surface area contributed by atoms with Gasteiger partial charge in [-0.25, -0.2) is 0 Å². The van der Waals surface area contributed by atoms with Gasteiger partial charge in [0.05, 0.1) is 17.6 Å². The number of imidazole rings is 1. The normalized spacial score (nSPS) is 10.9. The third kappa shape index (κ3) is 2.23. The minimum Gasteiger partial charge on any atom is -0.494 e. The van der Waals surface area contributed by atoms with Gasteiger partial charge in [-0.3, -0.25) is 4.57 Å². The van der Waals surface area contributed by atoms with Gasteiger partial charge < -0.3 is 9.72 Å². The van der Waals surface area contributed by atoms with Crippen LogP contribution in [0.5, 0.6) is 5.75 Å². The van der Waals surface area contributed by atoms with E-state index in [4.69, 9.17) is 17.0 Å². The maximum absolute atomic E-state index is 5.47.